The van der Waals surface area contributed by atoms with Gasteiger partial charge in [-0.1, -0.05) is 26.2 Å². The van der Waals surface area contributed by atoms with Crippen molar-refractivity contribution in [3.8, 4) is 0 Å². The lowest BCUT2D eigenvalue weighted by Gasteiger charge is -2.22. The van der Waals surface area contributed by atoms with Gasteiger partial charge in [0.25, 0.3) is 0 Å². The van der Waals surface area contributed by atoms with Crippen molar-refractivity contribution in [1.82, 2.24) is 9.97 Å². The molecule has 0 bridgehead atoms. The van der Waals surface area contributed by atoms with Crippen molar-refractivity contribution in [2.45, 2.75) is 64.0 Å². The molecule has 0 saturated heterocycles. The van der Waals surface area contributed by atoms with Crippen LogP contribution >= 0.6 is 0 Å². The first-order chi connectivity index (χ1) is 9.19. The summed E-state index contributed by atoms with van der Waals surface area (Å²) >= 11 is 0. The van der Waals surface area contributed by atoms with Crippen LogP contribution in [0.3, 0.4) is 0 Å². The minimum absolute atomic E-state index is 0.0753. The van der Waals surface area contributed by atoms with E-state index in [9.17, 15) is 5.11 Å². The van der Waals surface area contributed by atoms with Gasteiger partial charge in [0.1, 0.15) is 17.5 Å². The van der Waals surface area contributed by atoms with E-state index in [1.54, 1.807) is 6.07 Å². The number of aromatic nitrogens is 2. The summed E-state index contributed by atoms with van der Waals surface area (Å²) in [5, 5.41) is 13.4. The maximum absolute atomic E-state index is 10.1. The van der Waals surface area contributed by atoms with E-state index in [0.717, 1.165) is 50.2 Å². The molecule has 2 rings (SSSR count). The van der Waals surface area contributed by atoms with Crippen LogP contribution in [0.1, 0.15) is 51.3 Å². The fraction of sp³-hybridized carbons (Fsp3) is 0.714. The largest absolute Gasteiger partial charge is 0.391 e. The highest BCUT2D eigenvalue weighted by molar-refractivity contribution is 5.45. The van der Waals surface area contributed by atoms with Crippen molar-refractivity contribution >= 4 is 11.6 Å². The molecular weight excluding hydrogens is 240 g/mol. The van der Waals surface area contributed by atoms with Gasteiger partial charge < -0.3 is 16.2 Å². The molecule has 1 saturated carbocycles. The molecule has 2 atom stereocenters. The lowest BCUT2D eigenvalue weighted by atomic mass is 10.1. The average molecular weight is 264 g/mol. The summed E-state index contributed by atoms with van der Waals surface area (Å²) in [6.07, 6.45) is 6.82. The Morgan fingerprint density at radius 3 is 2.89 bits per heavy atom. The highest BCUT2D eigenvalue weighted by Gasteiger charge is 2.21. The predicted octanol–water partition coefficient (Wildman–Crippen LogP) is 2.12. The van der Waals surface area contributed by atoms with Gasteiger partial charge in [-0.05, 0) is 19.3 Å². The monoisotopic (exact) mass is 264 g/mol. The van der Waals surface area contributed by atoms with Crippen molar-refractivity contribution in [2.75, 3.05) is 11.1 Å². The molecule has 4 N–H and O–H groups in total. The maximum Gasteiger partial charge on any atom is 0.133 e. The van der Waals surface area contributed by atoms with E-state index in [2.05, 4.69) is 22.2 Å². The molecule has 0 aromatic carbocycles. The van der Waals surface area contributed by atoms with Gasteiger partial charge >= 0.3 is 0 Å². The molecule has 5 nitrogen and oxygen atoms in total. The van der Waals surface area contributed by atoms with Gasteiger partial charge in [-0.2, -0.15) is 0 Å². The van der Waals surface area contributed by atoms with E-state index in [1.165, 1.54) is 6.42 Å². The standard InChI is InChI=1S/C14H24N4O/c1-2-6-13-17-12(15)9-14(18-13)16-10-7-4-3-5-8-11(10)19/h9-11,19H,2-8H2,1H3,(H3,15,16,17,18). The molecule has 0 aliphatic heterocycles. The molecule has 5 heteroatoms. The summed E-state index contributed by atoms with van der Waals surface area (Å²) in [5.74, 6) is 2.00. The lowest BCUT2D eigenvalue weighted by Crippen LogP contribution is -2.33. The van der Waals surface area contributed by atoms with Gasteiger partial charge in [-0.3, -0.25) is 0 Å². The number of anilines is 2. The van der Waals surface area contributed by atoms with Crippen LogP contribution in [0.5, 0.6) is 0 Å². The number of nitrogens with two attached hydrogens (primary N) is 1. The van der Waals surface area contributed by atoms with Crippen LogP contribution in [0, 0.1) is 0 Å². The molecule has 1 aliphatic rings. The van der Waals surface area contributed by atoms with Crippen LogP contribution in [0.4, 0.5) is 11.6 Å². The van der Waals surface area contributed by atoms with Crippen LogP contribution in [0.15, 0.2) is 6.07 Å². The quantitative estimate of drug-likeness (QED) is 0.725. The zero-order chi connectivity index (χ0) is 13.7. The highest BCUT2D eigenvalue weighted by Crippen LogP contribution is 2.21. The third kappa shape index (κ3) is 4.06. The van der Waals surface area contributed by atoms with Crippen molar-refractivity contribution in [2.24, 2.45) is 0 Å². The highest BCUT2D eigenvalue weighted by atomic mass is 16.3. The molecule has 1 heterocycles. The maximum atomic E-state index is 10.1. The number of rotatable bonds is 4. The Morgan fingerprint density at radius 1 is 1.32 bits per heavy atom. The summed E-state index contributed by atoms with van der Waals surface area (Å²) in [4.78, 5) is 8.69. The molecule has 19 heavy (non-hydrogen) atoms. The SMILES string of the molecule is CCCc1nc(N)cc(NC2CCCCCC2O)n1. The Morgan fingerprint density at radius 2 is 2.11 bits per heavy atom. The number of hydrogen-bond donors (Lipinski definition) is 3. The number of nitrogens with zero attached hydrogens (tertiary/aromatic N) is 2. The Bertz CT molecular complexity index is 410. The average Bonchev–Trinajstić information content (AvgIpc) is 2.55. The Balaban J connectivity index is 2.08. The van der Waals surface area contributed by atoms with E-state index < -0.39 is 0 Å². The molecule has 2 unspecified atom stereocenters. The van der Waals surface area contributed by atoms with Gasteiger partial charge in [-0.15, -0.1) is 0 Å². The van der Waals surface area contributed by atoms with Gasteiger partial charge in [-0.25, -0.2) is 9.97 Å². The number of nitrogen functional groups attached to an aromatic ring is 1. The van der Waals surface area contributed by atoms with E-state index in [-0.39, 0.29) is 12.1 Å². The summed E-state index contributed by atoms with van der Waals surface area (Å²) in [7, 11) is 0. The van der Waals surface area contributed by atoms with E-state index >= 15 is 0 Å². The topological polar surface area (TPSA) is 84.1 Å². The molecule has 1 aromatic rings. The molecule has 1 aromatic heterocycles. The first kappa shape index (κ1) is 14.1. The third-order valence-electron chi connectivity index (χ3n) is 3.58. The number of nitrogens with one attached hydrogen (secondary N) is 1. The summed E-state index contributed by atoms with van der Waals surface area (Å²) < 4.78 is 0. The van der Waals surface area contributed by atoms with Crippen molar-refractivity contribution < 1.29 is 5.11 Å². The third-order valence-corrected chi connectivity index (χ3v) is 3.58. The zero-order valence-corrected chi connectivity index (χ0v) is 11.6. The first-order valence-electron chi connectivity index (χ1n) is 7.27. The second kappa shape index (κ2) is 6.70. The normalized spacial score (nSPS) is 23.9. The van der Waals surface area contributed by atoms with Gasteiger partial charge in [0, 0.05) is 12.5 Å². The number of hydrogen-bond acceptors (Lipinski definition) is 5. The van der Waals surface area contributed by atoms with Crippen molar-refractivity contribution in [3.05, 3.63) is 11.9 Å². The van der Waals surface area contributed by atoms with Crippen molar-refractivity contribution in [1.29, 1.82) is 0 Å². The molecule has 106 valence electrons. The van der Waals surface area contributed by atoms with E-state index in [1.807, 2.05) is 0 Å². The number of aliphatic hydroxyl groups excluding tert-OH is 1. The molecule has 1 aliphatic carbocycles. The van der Waals surface area contributed by atoms with Gasteiger partial charge in [0.2, 0.25) is 0 Å². The van der Waals surface area contributed by atoms with Gasteiger partial charge in [0.15, 0.2) is 0 Å². The van der Waals surface area contributed by atoms with E-state index in [0.29, 0.717) is 5.82 Å². The Hall–Kier alpha value is -1.36. The second-order valence-corrected chi connectivity index (χ2v) is 5.30. The second-order valence-electron chi connectivity index (χ2n) is 5.30. The summed E-state index contributed by atoms with van der Waals surface area (Å²) in [5.41, 5.74) is 5.81. The summed E-state index contributed by atoms with van der Waals surface area (Å²) in [6.45, 7) is 2.09. The van der Waals surface area contributed by atoms with Crippen molar-refractivity contribution in [3.63, 3.8) is 0 Å². The zero-order valence-electron chi connectivity index (χ0n) is 11.6. The summed E-state index contributed by atoms with van der Waals surface area (Å²) in [6, 6.07) is 1.82. The van der Waals surface area contributed by atoms with Crippen LogP contribution in [-0.4, -0.2) is 27.2 Å². The molecule has 0 amide bonds. The number of aryl methyl sites for hydroxylation is 1. The molecular formula is C14H24N4O. The van der Waals surface area contributed by atoms with Crippen LogP contribution in [-0.2, 0) is 6.42 Å². The predicted molar refractivity (Wildman–Crippen MR) is 76.9 cm³/mol. The van der Waals surface area contributed by atoms with Crippen LogP contribution in [0.2, 0.25) is 0 Å². The van der Waals surface area contributed by atoms with E-state index in [4.69, 9.17) is 5.73 Å². The minimum atomic E-state index is -0.298. The number of aliphatic hydroxyl groups is 1. The van der Waals surface area contributed by atoms with Crippen LogP contribution in [0.25, 0.3) is 0 Å². The minimum Gasteiger partial charge on any atom is -0.391 e. The first-order valence-corrected chi connectivity index (χ1v) is 7.27. The van der Waals surface area contributed by atoms with Crippen LogP contribution < -0.4 is 11.1 Å². The smallest absolute Gasteiger partial charge is 0.133 e. The Kier molecular flexibility index (Phi) is 4.96. The Labute approximate surface area is 114 Å². The molecule has 0 radical (unpaired) electrons. The van der Waals surface area contributed by atoms with Gasteiger partial charge in [0.05, 0.1) is 12.1 Å². The fourth-order valence-electron chi connectivity index (χ4n) is 2.57. The lowest BCUT2D eigenvalue weighted by molar-refractivity contribution is 0.144. The molecule has 0 spiro atoms. The molecule has 1 fully saturated rings. The fourth-order valence-corrected chi connectivity index (χ4v) is 2.57.